The van der Waals surface area contributed by atoms with Gasteiger partial charge in [-0.25, -0.2) is 0 Å². The van der Waals surface area contributed by atoms with Crippen LogP contribution >= 0.6 is 37.9 Å². The molecule has 0 unspecified atom stereocenters. The van der Waals surface area contributed by atoms with Crippen LogP contribution in [0.5, 0.6) is 0 Å². The fourth-order valence-electron chi connectivity index (χ4n) is 0.343. The Hall–Kier alpha value is 1.06. The second kappa shape index (κ2) is 4.84. The van der Waals surface area contributed by atoms with Crippen molar-refractivity contribution in [1.82, 2.24) is 15.0 Å². The first-order valence-electron chi connectivity index (χ1n) is 2.01. The Labute approximate surface area is 97.0 Å². The zero-order valence-corrected chi connectivity index (χ0v) is 9.87. The predicted molar refractivity (Wildman–Crippen MR) is 47.3 cm³/mol. The maximum absolute atomic E-state index is 3.86. The van der Waals surface area contributed by atoms with Crippen LogP contribution in [0.15, 0.2) is 15.5 Å². The Bertz CT molecular complexity index is 180. The zero-order valence-electron chi connectivity index (χ0n) is 5.18. The van der Waals surface area contributed by atoms with E-state index in [-0.39, 0.29) is 29.6 Å². The van der Waals surface area contributed by atoms with Crippen LogP contribution in [0.4, 0.5) is 0 Å². The fourth-order valence-corrected chi connectivity index (χ4v) is 1.15. The van der Waals surface area contributed by atoms with Crippen molar-refractivity contribution in [2.45, 2.75) is 15.5 Å². The predicted octanol–water partition coefficient (Wildman–Crippen LogP) is 0.357. The first-order chi connectivity index (χ1) is 4.18. The second-order valence-electron chi connectivity index (χ2n) is 1.24. The van der Waals surface area contributed by atoms with Crippen molar-refractivity contribution in [3.63, 3.8) is 0 Å². The average molecular weight is 200 g/mol. The number of thiol groups is 3. The van der Waals surface area contributed by atoms with Gasteiger partial charge in [0.05, 0.1) is 0 Å². The van der Waals surface area contributed by atoms with Crippen LogP contribution in [0.3, 0.4) is 0 Å². The summed E-state index contributed by atoms with van der Waals surface area (Å²) in [7, 11) is 0. The minimum Gasteiger partial charge on any atom is -0.197 e. The molecule has 0 saturated carbocycles. The third kappa shape index (κ3) is 3.45. The van der Waals surface area contributed by atoms with Crippen molar-refractivity contribution in [2.75, 3.05) is 0 Å². The van der Waals surface area contributed by atoms with Gasteiger partial charge in [0.2, 0.25) is 0 Å². The Morgan fingerprint density at radius 2 is 0.900 bits per heavy atom. The Kier molecular flexibility index (Phi) is 5.35. The molecule has 1 aromatic rings. The van der Waals surface area contributed by atoms with Gasteiger partial charge in [0.1, 0.15) is 0 Å². The first-order valence-corrected chi connectivity index (χ1v) is 3.35. The Balaban J connectivity index is 0.000000810. The maximum Gasteiger partial charge on any atom is 0.189 e. The van der Waals surface area contributed by atoms with Gasteiger partial charge in [-0.05, 0) is 0 Å². The maximum atomic E-state index is 3.86. The molecule has 0 bridgehead atoms. The van der Waals surface area contributed by atoms with Crippen LogP contribution in [0.2, 0.25) is 0 Å². The van der Waals surface area contributed by atoms with E-state index >= 15 is 0 Å². The van der Waals surface area contributed by atoms with Crippen molar-refractivity contribution in [3.05, 3.63) is 0 Å². The molecule has 1 radical (unpaired) electrons. The number of rotatable bonds is 0. The van der Waals surface area contributed by atoms with E-state index in [1.807, 2.05) is 0 Å². The smallest absolute Gasteiger partial charge is 0.189 e. The van der Waals surface area contributed by atoms with Crippen LogP contribution < -0.4 is 0 Å². The molecule has 1 heterocycles. The van der Waals surface area contributed by atoms with Crippen LogP contribution in [0.25, 0.3) is 0 Å². The SMILES string of the molecule is Sc1nc(S)nc(S)n1.[Na]. The van der Waals surface area contributed by atoms with Gasteiger partial charge in [-0.3, -0.25) is 0 Å². The average Bonchev–Trinajstić information content (AvgIpc) is 1.59. The molecule has 1 rings (SSSR count). The third-order valence-corrected chi connectivity index (χ3v) is 1.20. The molecule has 0 amide bonds. The monoisotopic (exact) mass is 200 g/mol. The summed E-state index contributed by atoms with van der Waals surface area (Å²) in [5, 5.41) is 1.00. The quantitative estimate of drug-likeness (QED) is 0.418. The molecule has 0 aromatic carbocycles. The summed E-state index contributed by atoms with van der Waals surface area (Å²) in [4.78, 5) is 11.1. The zero-order chi connectivity index (χ0) is 6.85. The van der Waals surface area contributed by atoms with Crippen LogP contribution in [-0.4, -0.2) is 44.5 Å². The van der Waals surface area contributed by atoms with Crippen LogP contribution in [0.1, 0.15) is 0 Å². The molecule has 7 heteroatoms. The van der Waals surface area contributed by atoms with Crippen molar-refractivity contribution >= 4 is 67.4 Å². The van der Waals surface area contributed by atoms with E-state index in [0.29, 0.717) is 15.5 Å². The van der Waals surface area contributed by atoms with Crippen molar-refractivity contribution in [2.24, 2.45) is 0 Å². The summed E-state index contributed by atoms with van der Waals surface area (Å²) in [6.07, 6.45) is 0. The molecule has 0 aliphatic rings. The molecule has 0 atom stereocenters. The van der Waals surface area contributed by atoms with Crippen molar-refractivity contribution in [3.8, 4) is 0 Å². The second-order valence-corrected chi connectivity index (χ2v) is 2.44. The van der Waals surface area contributed by atoms with Crippen molar-refractivity contribution < 1.29 is 0 Å². The Morgan fingerprint density at radius 1 is 0.700 bits per heavy atom. The molecular weight excluding hydrogens is 197 g/mol. The standard InChI is InChI=1S/C3H3N3S3.Na/c7-1-4-2(8)6-3(9)5-1;/h(H3,4,5,6,7,8,9);. The molecule has 49 valence electrons. The minimum absolute atomic E-state index is 0. The van der Waals surface area contributed by atoms with E-state index in [1.165, 1.54) is 0 Å². The van der Waals surface area contributed by atoms with E-state index in [9.17, 15) is 0 Å². The van der Waals surface area contributed by atoms with E-state index in [0.717, 1.165) is 0 Å². The van der Waals surface area contributed by atoms with E-state index < -0.39 is 0 Å². The third-order valence-electron chi connectivity index (χ3n) is 0.600. The van der Waals surface area contributed by atoms with Gasteiger partial charge in [0.15, 0.2) is 15.5 Å². The summed E-state index contributed by atoms with van der Waals surface area (Å²) < 4.78 is 0. The summed E-state index contributed by atoms with van der Waals surface area (Å²) in [6, 6.07) is 0. The summed E-state index contributed by atoms with van der Waals surface area (Å²) >= 11 is 11.6. The van der Waals surface area contributed by atoms with Gasteiger partial charge >= 0.3 is 0 Å². The van der Waals surface area contributed by atoms with Crippen LogP contribution in [0, 0.1) is 0 Å². The number of hydrogen-bond donors (Lipinski definition) is 3. The van der Waals surface area contributed by atoms with E-state index in [4.69, 9.17) is 0 Å². The van der Waals surface area contributed by atoms with E-state index in [2.05, 4.69) is 52.8 Å². The van der Waals surface area contributed by atoms with Crippen molar-refractivity contribution in [1.29, 1.82) is 0 Å². The first kappa shape index (κ1) is 11.1. The fraction of sp³-hybridized carbons (Fsp3) is 0. The number of aromatic nitrogens is 3. The topological polar surface area (TPSA) is 38.7 Å². The molecular formula is C3H3N3NaS3. The van der Waals surface area contributed by atoms with E-state index in [1.54, 1.807) is 0 Å². The van der Waals surface area contributed by atoms with Gasteiger partial charge < -0.3 is 0 Å². The largest absolute Gasteiger partial charge is 0.197 e. The summed E-state index contributed by atoms with van der Waals surface area (Å²) in [6.45, 7) is 0. The van der Waals surface area contributed by atoms with Gasteiger partial charge in [0.25, 0.3) is 0 Å². The molecule has 0 saturated heterocycles. The number of nitrogens with zero attached hydrogens (tertiary/aromatic N) is 3. The molecule has 10 heavy (non-hydrogen) atoms. The normalized spacial score (nSPS) is 8.70. The van der Waals surface area contributed by atoms with Gasteiger partial charge in [0, 0.05) is 29.6 Å². The molecule has 0 spiro atoms. The van der Waals surface area contributed by atoms with Gasteiger partial charge in [-0.2, -0.15) is 15.0 Å². The Morgan fingerprint density at radius 3 is 1.10 bits per heavy atom. The molecule has 0 aliphatic carbocycles. The molecule has 0 fully saturated rings. The summed E-state index contributed by atoms with van der Waals surface area (Å²) in [5.41, 5.74) is 0. The molecule has 0 aliphatic heterocycles. The molecule has 0 N–H and O–H groups in total. The summed E-state index contributed by atoms with van der Waals surface area (Å²) in [5.74, 6) is 0. The van der Waals surface area contributed by atoms with Crippen LogP contribution in [-0.2, 0) is 0 Å². The van der Waals surface area contributed by atoms with Gasteiger partial charge in [-0.1, -0.05) is 0 Å². The minimum atomic E-state index is 0. The molecule has 1 aromatic heterocycles. The molecule has 3 nitrogen and oxygen atoms in total. The van der Waals surface area contributed by atoms with Gasteiger partial charge in [-0.15, -0.1) is 37.9 Å². The number of hydrogen-bond acceptors (Lipinski definition) is 6.